The molecule has 0 radical (unpaired) electrons. The summed E-state index contributed by atoms with van der Waals surface area (Å²) in [5.41, 5.74) is 0.494. The molecule has 29 heavy (non-hydrogen) atoms. The van der Waals surface area contributed by atoms with Crippen molar-refractivity contribution in [1.82, 2.24) is 4.31 Å². The standard InChI is InChI=1S/C20H30N2O6S/c1-16(23)17-4-6-20(7-5-17)29(25,26)22-10-8-21(9-11-22)13-18(24)14-27-15-19-3-2-12-28-19/h4-7,18-19,24H,2-3,8-15H2,1H3/p+1/t18-,19+/m1/s1. The molecule has 2 fully saturated rings. The Morgan fingerprint density at radius 2 is 2.00 bits per heavy atom. The Hall–Kier alpha value is -1.36. The Morgan fingerprint density at radius 1 is 1.31 bits per heavy atom. The lowest BCUT2D eigenvalue weighted by atomic mass is 10.2. The van der Waals surface area contributed by atoms with Gasteiger partial charge in [-0.05, 0) is 31.9 Å². The Kier molecular flexibility index (Phi) is 7.78. The predicted octanol–water partition coefficient (Wildman–Crippen LogP) is -0.665. The second-order valence-corrected chi connectivity index (χ2v) is 9.70. The van der Waals surface area contributed by atoms with Crippen LogP contribution in [-0.4, -0.2) is 88.4 Å². The summed E-state index contributed by atoms with van der Waals surface area (Å²) < 4.78 is 38.2. The van der Waals surface area contributed by atoms with Gasteiger partial charge in [-0.3, -0.25) is 4.79 Å². The summed E-state index contributed by atoms with van der Waals surface area (Å²) in [6.07, 6.45) is 1.64. The van der Waals surface area contributed by atoms with E-state index in [1.54, 1.807) is 12.1 Å². The van der Waals surface area contributed by atoms with E-state index >= 15 is 0 Å². The van der Waals surface area contributed by atoms with Gasteiger partial charge in [-0.25, -0.2) is 8.42 Å². The van der Waals surface area contributed by atoms with Crippen molar-refractivity contribution in [2.45, 2.75) is 36.9 Å². The molecule has 2 heterocycles. The molecule has 3 rings (SSSR count). The lowest BCUT2D eigenvalue weighted by Gasteiger charge is -2.32. The number of ketones is 1. The van der Waals surface area contributed by atoms with Crippen LogP contribution in [-0.2, 0) is 19.5 Å². The maximum absolute atomic E-state index is 12.8. The topological polar surface area (TPSA) is 97.6 Å². The van der Waals surface area contributed by atoms with Gasteiger partial charge in [0, 0.05) is 12.2 Å². The fraction of sp³-hybridized carbons (Fsp3) is 0.650. The average molecular weight is 428 g/mol. The SMILES string of the molecule is CC(=O)c1ccc(S(=O)(=O)N2CC[NH+](C[C@@H](O)COC[C@@H]3CCCO3)CC2)cc1. The van der Waals surface area contributed by atoms with Crippen molar-refractivity contribution in [3.05, 3.63) is 29.8 Å². The second-order valence-electron chi connectivity index (χ2n) is 7.77. The number of aliphatic hydroxyl groups excluding tert-OH is 1. The highest BCUT2D eigenvalue weighted by Crippen LogP contribution is 2.17. The number of nitrogens with zero attached hydrogens (tertiary/aromatic N) is 1. The van der Waals surface area contributed by atoms with E-state index < -0.39 is 16.1 Å². The monoisotopic (exact) mass is 427 g/mol. The molecule has 0 saturated carbocycles. The van der Waals surface area contributed by atoms with Crippen molar-refractivity contribution in [3.8, 4) is 0 Å². The highest BCUT2D eigenvalue weighted by Gasteiger charge is 2.31. The van der Waals surface area contributed by atoms with Gasteiger partial charge in [0.1, 0.15) is 12.6 Å². The molecular weight excluding hydrogens is 396 g/mol. The van der Waals surface area contributed by atoms with E-state index in [0.29, 0.717) is 44.9 Å². The number of carbonyl (C=O) groups is 1. The quantitative estimate of drug-likeness (QED) is 0.508. The van der Waals surface area contributed by atoms with Gasteiger partial charge in [0.25, 0.3) is 0 Å². The first-order chi connectivity index (χ1) is 13.9. The van der Waals surface area contributed by atoms with Gasteiger partial charge in [-0.15, -0.1) is 0 Å². The van der Waals surface area contributed by atoms with Crippen molar-refractivity contribution in [2.75, 3.05) is 52.5 Å². The fourth-order valence-corrected chi connectivity index (χ4v) is 5.20. The third-order valence-electron chi connectivity index (χ3n) is 5.49. The lowest BCUT2D eigenvalue weighted by Crippen LogP contribution is -3.15. The van der Waals surface area contributed by atoms with Crippen LogP contribution in [0.2, 0.25) is 0 Å². The first-order valence-electron chi connectivity index (χ1n) is 10.2. The largest absolute Gasteiger partial charge is 0.385 e. The van der Waals surface area contributed by atoms with Gasteiger partial charge in [0.15, 0.2) is 5.78 Å². The molecule has 0 aromatic heterocycles. The van der Waals surface area contributed by atoms with Crippen LogP contribution >= 0.6 is 0 Å². The molecule has 2 aliphatic heterocycles. The van der Waals surface area contributed by atoms with E-state index in [-0.39, 0.29) is 23.4 Å². The van der Waals surface area contributed by atoms with E-state index in [1.165, 1.54) is 23.4 Å². The number of ether oxygens (including phenoxy) is 2. The van der Waals surface area contributed by atoms with E-state index in [4.69, 9.17) is 9.47 Å². The van der Waals surface area contributed by atoms with Crippen molar-refractivity contribution in [3.63, 3.8) is 0 Å². The number of quaternary nitrogens is 1. The Balaban J connectivity index is 1.43. The van der Waals surface area contributed by atoms with Crippen molar-refractivity contribution >= 4 is 15.8 Å². The van der Waals surface area contributed by atoms with Crippen LogP contribution in [0.1, 0.15) is 30.1 Å². The smallest absolute Gasteiger partial charge is 0.243 e. The summed E-state index contributed by atoms with van der Waals surface area (Å²) in [6.45, 7) is 5.62. The summed E-state index contributed by atoms with van der Waals surface area (Å²) in [4.78, 5) is 12.7. The van der Waals surface area contributed by atoms with E-state index in [1.807, 2.05) is 0 Å². The number of carbonyl (C=O) groups excluding carboxylic acids is 1. The molecule has 0 bridgehead atoms. The van der Waals surface area contributed by atoms with Gasteiger partial charge >= 0.3 is 0 Å². The number of hydrogen-bond donors (Lipinski definition) is 2. The van der Waals surface area contributed by atoms with E-state index in [0.717, 1.165) is 24.3 Å². The molecule has 2 saturated heterocycles. The molecule has 1 aromatic rings. The lowest BCUT2D eigenvalue weighted by molar-refractivity contribution is -0.906. The molecule has 9 heteroatoms. The third kappa shape index (κ3) is 6.07. The van der Waals surface area contributed by atoms with Crippen LogP contribution < -0.4 is 4.90 Å². The maximum atomic E-state index is 12.8. The number of Topliss-reactive ketones (excluding diaryl/α,β-unsaturated/α-hetero) is 1. The maximum Gasteiger partial charge on any atom is 0.243 e. The molecule has 8 nitrogen and oxygen atoms in total. The zero-order valence-corrected chi connectivity index (χ0v) is 17.7. The Bertz CT molecular complexity index is 769. The zero-order valence-electron chi connectivity index (χ0n) is 16.9. The summed E-state index contributed by atoms with van der Waals surface area (Å²) in [7, 11) is -3.57. The fourth-order valence-electron chi connectivity index (χ4n) is 3.76. The summed E-state index contributed by atoms with van der Waals surface area (Å²) in [5.74, 6) is -0.0931. The minimum atomic E-state index is -3.57. The number of benzene rings is 1. The second kappa shape index (κ2) is 10.1. The minimum Gasteiger partial charge on any atom is -0.385 e. The van der Waals surface area contributed by atoms with Crippen LogP contribution in [0.3, 0.4) is 0 Å². The molecule has 2 N–H and O–H groups in total. The minimum absolute atomic E-state index is 0.0931. The van der Waals surface area contributed by atoms with Gasteiger partial charge in [0.2, 0.25) is 10.0 Å². The van der Waals surface area contributed by atoms with Gasteiger partial charge in [0.05, 0.1) is 50.4 Å². The van der Waals surface area contributed by atoms with Crippen molar-refractivity contribution < 1.29 is 32.7 Å². The number of hydrogen-bond acceptors (Lipinski definition) is 6. The predicted molar refractivity (Wildman–Crippen MR) is 107 cm³/mol. The molecule has 0 spiro atoms. The van der Waals surface area contributed by atoms with Gasteiger partial charge in [-0.1, -0.05) is 12.1 Å². The zero-order chi connectivity index (χ0) is 20.9. The van der Waals surface area contributed by atoms with Crippen LogP contribution in [0.5, 0.6) is 0 Å². The third-order valence-corrected chi connectivity index (χ3v) is 7.40. The van der Waals surface area contributed by atoms with E-state index in [9.17, 15) is 18.3 Å². The van der Waals surface area contributed by atoms with Crippen LogP contribution in [0.4, 0.5) is 0 Å². The number of sulfonamides is 1. The highest BCUT2D eigenvalue weighted by atomic mass is 32.2. The first-order valence-corrected chi connectivity index (χ1v) is 11.6. The summed E-state index contributed by atoms with van der Waals surface area (Å²) in [6, 6.07) is 6.06. The van der Waals surface area contributed by atoms with Crippen LogP contribution in [0.25, 0.3) is 0 Å². The normalized spacial score (nSPS) is 22.6. The van der Waals surface area contributed by atoms with Crippen LogP contribution in [0, 0.1) is 0 Å². The Morgan fingerprint density at radius 3 is 2.59 bits per heavy atom. The average Bonchev–Trinajstić information content (AvgIpc) is 3.22. The number of rotatable bonds is 9. The molecule has 162 valence electrons. The molecule has 2 atom stereocenters. The summed E-state index contributed by atoms with van der Waals surface area (Å²) in [5, 5.41) is 10.2. The first kappa shape index (κ1) is 22.3. The van der Waals surface area contributed by atoms with Gasteiger partial charge in [-0.2, -0.15) is 4.31 Å². The van der Waals surface area contributed by atoms with Crippen molar-refractivity contribution in [2.24, 2.45) is 0 Å². The van der Waals surface area contributed by atoms with Crippen LogP contribution in [0.15, 0.2) is 29.2 Å². The number of aliphatic hydroxyl groups is 1. The molecule has 2 aliphatic rings. The van der Waals surface area contributed by atoms with Crippen molar-refractivity contribution in [1.29, 1.82) is 0 Å². The molecule has 0 aliphatic carbocycles. The number of piperazine rings is 1. The Labute approximate surface area is 172 Å². The molecule has 0 amide bonds. The highest BCUT2D eigenvalue weighted by molar-refractivity contribution is 7.89. The molecular formula is C20H31N2O6S+. The summed E-state index contributed by atoms with van der Waals surface area (Å²) >= 11 is 0. The molecule has 1 aromatic carbocycles. The molecule has 0 unspecified atom stereocenters. The number of nitrogens with one attached hydrogen (secondary N) is 1. The van der Waals surface area contributed by atoms with Gasteiger partial charge < -0.3 is 19.5 Å². The van der Waals surface area contributed by atoms with E-state index in [2.05, 4.69) is 0 Å².